The Kier molecular flexibility index (Phi) is 4.52. The van der Waals surface area contributed by atoms with Crippen LogP contribution in [-0.4, -0.2) is 13.2 Å². The highest BCUT2D eigenvalue weighted by Crippen LogP contribution is 2.30. The summed E-state index contributed by atoms with van der Waals surface area (Å²) in [6.07, 6.45) is 0. The summed E-state index contributed by atoms with van der Waals surface area (Å²) in [5.41, 5.74) is 0.645. The molecule has 0 unspecified atom stereocenters. The zero-order valence-electron chi connectivity index (χ0n) is 9.59. The topological polar surface area (TPSA) is 18.5 Å². The van der Waals surface area contributed by atoms with Gasteiger partial charge in [0, 0.05) is 11.5 Å². The molecule has 0 aliphatic rings. The van der Waals surface area contributed by atoms with Gasteiger partial charge in [-0.3, -0.25) is 0 Å². The highest BCUT2D eigenvalue weighted by Gasteiger charge is 2.13. The van der Waals surface area contributed by atoms with Gasteiger partial charge in [0.2, 0.25) is 0 Å². The first-order valence-electron chi connectivity index (χ1n) is 5.06. The van der Waals surface area contributed by atoms with Crippen molar-refractivity contribution in [1.29, 1.82) is 0 Å². The predicted molar refractivity (Wildman–Crippen MR) is 57.9 cm³/mol. The van der Waals surface area contributed by atoms with Crippen LogP contribution in [0, 0.1) is 5.92 Å². The van der Waals surface area contributed by atoms with Crippen LogP contribution in [0.25, 0.3) is 0 Å². The summed E-state index contributed by atoms with van der Waals surface area (Å²) in [4.78, 5) is 0. The Morgan fingerprint density at radius 2 is 2.00 bits per heavy atom. The molecule has 1 aromatic rings. The van der Waals surface area contributed by atoms with Gasteiger partial charge in [0.15, 0.2) is 0 Å². The summed E-state index contributed by atoms with van der Waals surface area (Å²) >= 11 is 0. The molecule has 89 valence electrons. The van der Waals surface area contributed by atoms with E-state index in [4.69, 9.17) is 4.74 Å². The molecular weight excluding hydrogens is 214 g/mol. The lowest BCUT2D eigenvalue weighted by atomic mass is 10.0. The van der Waals surface area contributed by atoms with Crippen LogP contribution in [0.3, 0.4) is 0 Å². The van der Waals surface area contributed by atoms with Gasteiger partial charge in [-0.05, 0) is 25.1 Å². The van der Waals surface area contributed by atoms with Crippen molar-refractivity contribution in [3.8, 4) is 11.5 Å². The van der Waals surface area contributed by atoms with E-state index in [1.54, 1.807) is 12.1 Å². The lowest BCUT2D eigenvalue weighted by molar-refractivity contribution is -0.0503. The molecule has 0 saturated heterocycles. The van der Waals surface area contributed by atoms with Gasteiger partial charge in [-0.25, -0.2) is 0 Å². The van der Waals surface area contributed by atoms with Crippen LogP contribution in [-0.2, 0) is 0 Å². The average Bonchev–Trinajstić information content (AvgIpc) is 2.19. The number of hydrogen-bond acceptors (Lipinski definition) is 2. The lowest BCUT2D eigenvalue weighted by Crippen LogP contribution is -2.06. The van der Waals surface area contributed by atoms with Gasteiger partial charge in [0.25, 0.3) is 0 Å². The van der Waals surface area contributed by atoms with Crippen molar-refractivity contribution in [2.75, 3.05) is 6.61 Å². The minimum atomic E-state index is -2.81. The van der Waals surface area contributed by atoms with Gasteiger partial charge < -0.3 is 9.47 Å². The second-order valence-corrected chi connectivity index (χ2v) is 3.47. The van der Waals surface area contributed by atoms with Gasteiger partial charge in [0.05, 0.1) is 6.61 Å². The predicted octanol–water partition coefficient (Wildman–Crippen LogP) is 3.65. The van der Waals surface area contributed by atoms with Crippen LogP contribution in [0.5, 0.6) is 11.5 Å². The summed E-state index contributed by atoms with van der Waals surface area (Å²) in [5.74, 6) is 1.73. The van der Waals surface area contributed by atoms with Crippen molar-refractivity contribution >= 4 is 0 Å². The summed E-state index contributed by atoms with van der Waals surface area (Å²) in [6, 6.07) is 4.82. The Morgan fingerprint density at radius 1 is 1.31 bits per heavy atom. The van der Waals surface area contributed by atoms with E-state index in [1.165, 1.54) is 6.07 Å². The Labute approximate surface area is 94.2 Å². The third kappa shape index (κ3) is 3.36. The molecule has 0 amide bonds. The quantitative estimate of drug-likeness (QED) is 0.767. The van der Waals surface area contributed by atoms with Crippen molar-refractivity contribution in [3.63, 3.8) is 0 Å². The van der Waals surface area contributed by atoms with E-state index in [0.29, 0.717) is 17.9 Å². The minimum Gasteiger partial charge on any atom is -0.494 e. The van der Waals surface area contributed by atoms with Gasteiger partial charge in [-0.2, -0.15) is 8.78 Å². The van der Waals surface area contributed by atoms with Crippen LogP contribution in [0.15, 0.2) is 18.2 Å². The Balaban J connectivity index is 2.99. The number of benzene rings is 1. The van der Waals surface area contributed by atoms with Gasteiger partial charge in [-0.1, -0.05) is 13.8 Å². The van der Waals surface area contributed by atoms with Gasteiger partial charge >= 0.3 is 6.61 Å². The molecule has 0 fully saturated rings. The molecule has 0 N–H and O–H groups in total. The van der Waals surface area contributed by atoms with Gasteiger partial charge in [0.1, 0.15) is 11.5 Å². The van der Waals surface area contributed by atoms with Crippen molar-refractivity contribution in [1.82, 2.24) is 0 Å². The van der Waals surface area contributed by atoms with Crippen molar-refractivity contribution in [3.05, 3.63) is 29.7 Å². The summed E-state index contributed by atoms with van der Waals surface area (Å²) in [5, 5.41) is 0. The zero-order valence-corrected chi connectivity index (χ0v) is 9.59. The Hall–Kier alpha value is -1.32. The van der Waals surface area contributed by atoms with Crippen LogP contribution < -0.4 is 9.47 Å². The second-order valence-electron chi connectivity index (χ2n) is 3.47. The van der Waals surface area contributed by atoms with Crippen LogP contribution in [0.4, 0.5) is 8.78 Å². The molecule has 0 atom stereocenters. The zero-order chi connectivity index (χ0) is 12.1. The molecule has 4 heteroatoms. The first-order valence-corrected chi connectivity index (χ1v) is 5.06. The molecule has 0 spiro atoms. The van der Waals surface area contributed by atoms with E-state index in [0.717, 1.165) is 5.92 Å². The van der Waals surface area contributed by atoms with Gasteiger partial charge in [-0.15, -0.1) is 0 Å². The first-order chi connectivity index (χ1) is 7.54. The molecule has 16 heavy (non-hydrogen) atoms. The molecule has 0 aliphatic heterocycles. The molecule has 0 bridgehead atoms. The average molecular weight is 229 g/mol. The molecule has 1 rings (SSSR count). The van der Waals surface area contributed by atoms with E-state index >= 15 is 0 Å². The third-order valence-electron chi connectivity index (χ3n) is 2.02. The largest absolute Gasteiger partial charge is 0.494 e. The standard InChI is InChI=1S/C12H15F2O2/c1-4-15-9-5-6-11(16-12(13)14)10(7-9)8(2)3/h5-7,12H,4H2,1-3H3. The van der Waals surface area contributed by atoms with Crippen LogP contribution in [0.2, 0.25) is 0 Å². The van der Waals surface area contributed by atoms with Crippen LogP contribution >= 0.6 is 0 Å². The maximum absolute atomic E-state index is 12.1. The number of alkyl halides is 2. The van der Waals surface area contributed by atoms with E-state index in [1.807, 2.05) is 20.8 Å². The summed E-state index contributed by atoms with van der Waals surface area (Å²) in [6.45, 7) is 3.27. The van der Waals surface area contributed by atoms with Crippen molar-refractivity contribution in [2.24, 2.45) is 0 Å². The minimum absolute atomic E-state index is 0.179. The number of rotatable bonds is 5. The number of halogens is 2. The van der Waals surface area contributed by atoms with Crippen molar-refractivity contribution < 1.29 is 18.3 Å². The van der Waals surface area contributed by atoms with Crippen molar-refractivity contribution in [2.45, 2.75) is 27.4 Å². The summed E-state index contributed by atoms with van der Waals surface area (Å²) in [7, 11) is 0. The van der Waals surface area contributed by atoms with E-state index in [9.17, 15) is 8.78 Å². The Morgan fingerprint density at radius 3 is 2.50 bits per heavy atom. The molecule has 0 aliphatic carbocycles. The second kappa shape index (κ2) is 5.68. The van der Waals surface area contributed by atoms with E-state index in [-0.39, 0.29) is 5.75 Å². The molecule has 0 saturated carbocycles. The van der Waals surface area contributed by atoms with E-state index in [2.05, 4.69) is 4.74 Å². The fourth-order valence-corrected chi connectivity index (χ4v) is 1.36. The highest BCUT2D eigenvalue weighted by atomic mass is 19.3. The third-order valence-corrected chi connectivity index (χ3v) is 2.02. The molecule has 1 radical (unpaired) electrons. The number of hydrogen-bond donors (Lipinski definition) is 0. The van der Waals surface area contributed by atoms with Crippen LogP contribution in [0.1, 0.15) is 26.3 Å². The molecule has 0 aromatic heterocycles. The fraction of sp³-hybridized carbons (Fsp3) is 0.417. The molecule has 1 aromatic carbocycles. The molecule has 0 heterocycles. The Bertz CT molecular complexity index is 338. The fourth-order valence-electron chi connectivity index (χ4n) is 1.36. The highest BCUT2D eigenvalue weighted by molar-refractivity contribution is 5.47. The SMILES string of the molecule is CCOc1ccc(OC(F)F)c([C](C)C)c1. The first kappa shape index (κ1) is 12.7. The summed E-state index contributed by atoms with van der Waals surface area (Å²) < 4.78 is 34.0. The van der Waals surface area contributed by atoms with E-state index < -0.39 is 6.61 Å². The molecule has 2 nitrogen and oxygen atoms in total. The normalized spacial score (nSPS) is 10.9. The number of ether oxygens (including phenoxy) is 2. The lowest BCUT2D eigenvalue weighted by Gasteiger charge is -2.14. The maximum atomic E-state index is 12.1. The monoisotopic (exact) mass is 229 g/mol. The molecular formula is C12H15F2O2. The maximum Gasteiger partial charge on any atom is 0.387 e. The smallest absolute Gasteiger partial charge is 0.387 e.